The molecule has 7 nitrogen and oxygen atoms in total. The lowest BCUT2D eigenvalue weighted by Crippen LogP contribution is -2.17. The van der Waals surface area contributed by atoms with E-state index in [4.69, 9.17) is 8.83 Å². The van der Waals surface area contributed by atoms with Crippen LogP contribution in [0.3, 0.4) is 0 Å². The Bertz CT molecular complexity index is 493. The molecule has 0 aliphatic carbocycles. The van der Waals surface area contributed by atoms with Crippen LogP contribution in [0.1, 0.15) is 37.4 Å². The smallest absolute Gasteiger partial charge is 0.315 e. The zero-order valence-corrected chi connectivity index (χ0v) is 10.7. The minimum absolute atomic E-state index is 0.0435. The fourth-order valence-corrected chi connectivity index (χ4v) is 1.51. The van der Waals surface area contributed by atoms with Crippen molar-refractivity contribution in [3.05, 3.63) is 23.7 Å². The van der Waals surface area contributed by atoms with Crippen molar-refractivity contribution in [3.8, 4) is 0 Å². The molecule has 2 rings (SSSR count). The van der Waals surface area contributed by atoms with Crippen molar-refractivity contribution in [1.82, 2.24) is 20.5 Å². The highest BCUT2D eigenvalue weighted by atomic mass is 16.4. The molecule has 1 atom stereocenters. The molecule has 7 heteroatoms. The summed E-state index contributed by atoms with van der Waals surface area (Å²) in [5.41, 5.74) is 0. The number of oxazole rings is 1. The molecule has 0 bridgehead atoms. The van der Waals surface area contributed by atoms with Crippen molar-refractivity contribution in [2.24, 2.45) is 0 Å². The van der Waals surface area contributed by atoms with Crippen molar-refractivity contribution in [3.63, 3.8) is 0 Å². The maximum Gasteiger partial charge on any atom is 0.315 e. The van der Waals surface area contributed by atoms with E-state index in [0.29, 0.717) is 24.3 Å². The third kappa shape index (κ3) is 3.07. The van der Waals surface area contributed by atoms with Crippen LogP contribution in [-0.2, 0) is 6.54 Å². The topological polar surface area (TPSA) is 89.0 Å². The first-order valence-corrected chi connectivity index (χ1v) is 5.91. The summed E-state index contributed by atoms with van der Waals surface area (Å²) in [4.78, 5) is 4.07. The van der Waals surface area contributed by atoms with Crippen LogP contribution in [0, 0.1) is 6.92 Å². The van der Waals surface area contributed by atoms with Crippen LogP contribution in [0.5, 0.6) is 0 Å². The molecule has 2 aromatic heterocycles. The van der Waals surface area contributed by atoms with E-state index in [0.717, 1.165) is 12.3 Å². The zero-order valence-electron chi connectivity index (χ0n) is 10.7. The summed E-state index contributed by atoms with van der Waals surface area (Å²) in [5.74, 6) is 1.92. The molecule has 2 N–H and O–H groups in total. The number of aromatic nitrogens is 3. The third-order valence-electron chi connectivity index (χ3n) is 2.38. The standard InChI is InChI=1S/C11H17N5O2/c1-4-12-8(3)10-15-16-11(18-10)14-6-9-13-5-7(2)17-9/h5,8,12H,4,6H2,1-3H3,(H,14,16). The summed E-state index contributed by atoms with van der Waals surface area (Å²) < 4.78 is 10.8. The molecule has 0 fully saturated rings. The Morgan fingerprint density at radius 1 is 1.33 bits per heavy atom. The van der Waals surface area contributed by atoms with Crippen LogP contribution < -0.4 is 10.6 Å². The maximum atomic E-state index is 5.46. The van der Waals surface area contributed by atoms with Gasteiger partial charge in [-0.15, -0.1) is 5.10 Å². The Labute approximate surface area is 105 Å². The molecule has 2 heterocycles. The van der Waals surface area contributed by atoms with Gasteiger partial charge in [0.15, 0.2) is 0 Å². The number of aryl methyl sites for hydroxylation is 1. The second kappa shape index (κ2) is 5.63. The minimum Gasteiger partial charge on any atom is -0.444 e. The quantitative estimate of drug-likeness (QED) is 0.806. The second-order valence-electron chi connectivity index (χ2n) is 3.94. The molecule has 0 saturated heterocycles. The molecular formula is C11H17N5O2. The Morgan fingerprint density at radius 2 is 2.17 bits per heavy atom. The normalized spacial score (nSPS) is 12.6. The molecule has 0 spiro atoms. The molecule has 0 amide bonds. The largest absolute Gasteiger partial charge is 0.444 e. The lowest BCUT2D eigenvalue weighted by atomic mass is 10.3. The Morgan fingerprint density at radius 3 is 2.83 bits per heavy atom. The van der Waals surface area contributed by atoms with Crippen LogP contribution in [-0.4, -0.2) is 21.7 Å². The van der Waals surface area contributed by atoms with Gasteiger partial charge in [-0.3, -0.25) is 0 Å². The highest BCUT2D eigenvalue weighted by Crippen LogP contribution is 2.14. The molecule has 0 saturated carbocycles. The molecule has 0 radical (unpaired) electrons. The van der Waals surface area contributed by atoms with Gasteiger partial charge in [-0.25, -0.2) is 4.98 Å². The summed E-state index contributed by atoms with van der Waals surface area (Å²) in [6.45, 7) is 7.11. The second-order valence-corrected chi connectivity index (χ2v) is 3.94. The predicted octanol–water partition coefficient (Wildman–Crippen LogP) is 1.65. The van der Waals surface area contributed by atoms with E-state index in [9.17, 15) is 0 Å². The van der Waals surface area contributed by atoms with E-state index < -0.39 is 0 Å². The molecule has 2 aromatic rings. The van der Waals surface area contributed by atoms with Crippen molar-refractivity contribution >= 4 is 6.01 Å². The van der Waals surface area contributed by atoms with Crippen molar-refractivity contribution < 1.29 is 8.83 Å². The van der Waals surface area contributed by atoms with E-state index in [-0.39, 0.29) is 6.04 Å². The van der Waals surface area contributed by atoms with E-state index >= 15 is 0 Å². The summed E-state index contributed by atoms with van der Waals surface area (Å²) in [6, 6.07) is 0.410. The highest BCUT2D eigenvalue weighted by Gasteiger charge is 2.12. The van der Waals surface area contributed by atoms with E-state index in [1.165, 1.54) is 0 Å². The van der Waals surface area contributed by atoms with Crippen LogP contribution in [0.15, 0.2) is 15.0 Å². The zero-order chi connectivity index (χ0) is 13.0. The van der Waals surface area contributed by atoms with Crippen molar-refractivity contribution in [1.29, 1.82) is 0 Å². The Kier molecular flexibility index (Phi) is 3.93. The van der Waals surface area contributed by atoms with E-state index in [1.54, 1.807) is 6.20 Å². The SMILES string of the molecule is CCNC(C)c1nnc(NCc2ncc(C)o2)o1. The molecule has 0 aliphatic heterocycles. The summed E-state index contributed by atoms with van der Waals surface area (Å²) >= 11 is 0. The van der Waals surface area contributed by atoms with Crippen LogP contribution in [0.2, 0.25) is 0 Å². The van der Waals surface area contributed by atoms with Gasteiger partial charge in [-0.05, 0) is 20.4 Å². The number of hydrogen-bond acceptors (Lipinski definition) is 7. The van der Waals surface area contributed by atoms with Crippen LogP contribution in [0.25, 0.3) is 0 Å². The van der Waals surface area contributed by atoms with E-state index in [2.05, 4.69) is 25.8 Å². The average molecular weight is 251 g/mol. The maximum absolute atomic E-state index is 5.46. The lowest BCUT2D eigenvalue weighted by Gasteiger charge is -2.05. The first kappa shape index (κ1) is 12.6. The van der Waals surface area contributed by atoms with Gasteiger partial charge >= 0.3 is 6.01 Å². The molecule has 18 heavy (non-hydrogen) atoms. The van der Waals surface area contributed by atoms with Gasteiger partial charge in [0.2, 0.25) is 11.8 Å². The van der Waals surface area contributed by atoms with Gasteiger partial charge in [-0.2, -0.15) is 0 Å². The lowest BCUT2D eigenvalue weighted by molar-refractivity contribution is 0.425. The molecule has 98 valence electrons. The first-order valence-electron chi connectivity index (χ1n) is 5.91. The monoisotopic (exact) mass is 251 g/mol. The van der Waals surface area contributed by atoms with Crippen LogP contribution in [0.4, 0.5) is 6.01 Å². The summed E-state index contributed by atoms with van der Waals surface area (Å²) in [6.07, 6.45) is 1.67. The van der Waals surface area contributed by atoms with Gasteiger partial charge in [0, 0.05) is 0 Å². The first-order chi connectivity index (χ1) is 8.69. The number of nitrogens with zero attached hydrogens (tertiary/aromatic N) is 3. The van der Waals surface area contributed by atoms with Gasteiger partial charge in [0.1, 0.15) is 5.76 Å². The summed E-state index contributed by atoms with van der Waals surface area (Å²) in [5, 5.41) is 14.0. The fraction of sp³-hybridized carbons (Fsp3) is 0.545. The number of hydrogen-bond donors (Lipinski definition) is 2. The van der Waals surface area contributed by atoms with Crippen LogP contribution >= 0.6 is 0 Å². The Hall–Kier alpha value is -1.89. The molecular weight excluding hydrogens is 234 g/mol. The van der Waals surface area contributed by atoms with Crippen molar-refractivity contribution in [2.45, 2.75) is 33.4 Å². The highest BCUT2D eigenvalue weighted by molar-refractivity contribution is 5.17. The molecule has 0 aliphatic rings. The van der Waals surface area contributed by atoms with Gasteiger partial charge in [0.05, 0.1) is 18.8 Å². The fourth-order valence-electron chi connectivity index (χ4n) is 1.51. The molecule has 0 aromatic carbocycles. The number of rotatable bonds is 6. The van der Waals surface area contributed by atoms with Crippen molar-refractivity contribution in [2.75, 3.05) is 11.9 Å². The molecule has 1 unspecified atom stereocenters. The number of anilines is 1. The Balaban J connectivity index is 1.90. The van der Waals surface area contributed by atoms with Gasteiger partial charge < -0.3 is 19.5 Å². The third-order valence-corrected chi connectivity index (χ3v) is 2.38. The minimum atomic E-state index is 0.0435. The van der Waals surface area contributed by atoms with E-state index in [1.807, 2.05) is 20.8 Å². The number of nitrogens with one attached hydrogen (secondary N) is 2. The summed E-state index contributed by atoms with van der Waals surface area (Å²) in [7, 11) is 0. The van der Waals surface area contributed by atoms with Gasteiger partial charge in [0.25, 0.3) is 0 Å². The van der Waals surface area contributed by atoms with Gasteiger partial charge in [-0.1, -0.05) is 12.0 Å². The average Bonchev–Trinajstić information content (AvgIpc) is 2.95. The predicted molar refractivity (Wildman–Crippen MR) is 65.0 cm³/mol.